The fourth-order valence-electron chi connectivity index (χ4n) is 0.189. The largest absolute Gasteiger partial charge is 0.313 e. The molecule has 0 spiro atoms. The van der Waals surface area contributed by atoms with Crippen LogP contribution in [0.4, 0.5) is 8.78 Å². The Kier molecular flexibility index (Phi) is 2.31. The monoisotopic (exact) mass is 104 g/mol. The summed E-state index contributed by atoms with van der Waals surface area (Å²) in [6.45, 7) is 3.14. The van der Waals surface area contributed by atoms with Crippen LogP contribution in [0.5, 0.6) is 0 Å². The van der Waals surface area contributed by atoms with Crippen molar-refractivity contribution in [3.8, 4) is 0 Å². The molecule has 0 saturated heterocycles. The third-order valence-corrected chi connectivity index (χ3v) is 0.344. The summed E-state index contributed by atoms with van der Waals surface area (Å²) in [5, 5.41) is 0. The van der Waals surface area contributed by atoms with E-state index in [-0.39, 0.29) is 0 Å². The average Bonchev–Trinajstić information content (AvgIpc) is 1.27. The van der Waals surface area contributed by atoms with Crippen molar-refractivity contribution in [2.24, 2.45) is 0 Å². The van der Waals surface area contributed by atoms with Gasteiger partial charge in [-0.05, 0) is 19.4 Å². The van der Waals surface area contributed by atoms with Crippen molar-refractivity contribution in [1.29, 1.82) is 0 Å². The molecule has 0 aromatic heterocycles. The van der Waals surface area contributed by atoms with E-state index in [4.69, 9.17) is 0 Å². The Morgan fingerprint density at radius 3 is 1.71 bits per heavy atom. The van der Waals surface area contributed by atoms with Crippen LogP contribution in [-0.4, -0.2) is 0 Å². The highest BCUT2D eigenvalue weighted by Crippen LogP contribution is 1.95. The van der Waals surface area contributed by atoms with Crippen molar-refractivity contribution in [2.75, 3.05) is 0 Å². The Bertz CT molecular complexity index is 98.0. The molecule has 0 nitrogen and oxygen atoms in total. The number of rotatable bonds is 0. The summed E-state index contributed by atoms with van der Waals surface area (Å²) in [5.41, 5.74) is 2.31. The summed E-state index contributed by atoms with van der Waals surface area (Å²) < 4.78 is 22.1. The molecular weight excluding hydrogens is 98.1 g/mol. The highest BCUT2D eigenvalue weighted by molar-refractivity contribution is 4.93. The topological polar surface area (TPSA) is 0 Å². The quantitative estimate of drug-likeness (QED) is 0.414. The van der Waals surface area contributed by atoms with Crippen molar-refractivity contribution in [1.82, 2.24) is 0 Å². The molecule has 0 aliphatic heterocycles. The molecule has 0 bridgehead atoms. The molecule has 0 unspecified atom stereocenters. The summed E-state index contributed by atoms with van der Waals surface area (Å²) in [6.07, 6.45) is -1.75. The lowest BCUT2D eigenvalue weighted by Crippen LogP contribution is -1.54. The maximum Gasteiger partial charge on any atom is 0.313 e. The highest BCUT2D eigenvalue weighted by Gasteiger charge is 1.79. The van der Waals surface area contributed by atoms with Crippen molar-refractivity contribution in [2.45, 2.75) is 13.8 Å². The lowest BCUT2D eigenvalue weighted by Gasteiger charge is -1.72. The van der Waals surface area contributed by atoms with Crippen LogP contribution in [0.15, 0.2) is 17.4 Å². The van der Waals surface area contributed by atoms with Crippen molar-refractivity contribution >= 4 is 0 Å². The van der Waals surface area contributed by atoms with Gasteiger partial charge in [0.2, 0.25) is 0 Å². The van der Waals surface area contributed by atoms with Gasteiger partial charge in [0.05, 0.1) is 0 Å². The van der Waals surface area contributed by atoms with E-state index in [1.807, 2.05) is 0 Å². The van der Waals surface area contributed by atoms with E-state index in [1.165, 1.54) is 0 Å². The molecule has 0 fully saturated rings. The molecule has 2 heteroatoms. The molecule has 0 aliphatic carbocycles. The number of hydrogen-bond donors (Lipinski definition) is 0. The van der Waals surface area contributed by atoms with E-state index in [0.29, 0.717) is 5.57 Å². The summed E-state index contributed by atoms with van der Waals surface area (Å²) in [5.74, 6) is 0. The van der Waals surface area contributed by atoms with Gasteiger partial charge in [0, 0.05) is 0 Å². The first-order valence-corrected chi connectivity index (χ1v) is 1.88. The maximum absolute atomic E-state index is 11.1. The zero-order chi connectivity index (χ0) is 5.86. The van der Waals surface area contributed by atoms with E-state index >= 15 is 0 Å². The van der Waals surface area contributed by atoms with Crippen LogP contribution in [0.3, 0.4) is 0 Å². The predicted molar refractivity (Wildman–Crippen MR) is 24.1 cm³/mol. The molecule has 0 atom stereocenters. The van der Waals surface area contributed by atoms with Crippen LogP contribution in [0.25, 0.3) is 0 Å². The molecule has 0 aromatic rings. The standard InChI is InChI=1S/C5H6F2/c1-4(2)3-5(6)7/h1-2H3. The molecular formula is C5H6F2. The van der Waals surface area contributed by atoms with Crippen molar-refractivity contribution in [3.63, 3.8) is 0 Å². The smallest absolute Gasteiger partial charge is 0.164 e. The van der Waals surface area contributed by atoms with Crippen LogP contribution in [0, 0.1) is 0 Å². The summed E-state index contributed by atoms with van der Waals surface area (Å²) in [6, 6.07) is 0. The van der Waals surface area contributed by atoms with Gasteiger partial charge in [0.1, 0.15) is 0 Å². The highest BCUT2D eigenvalue weighted by atomic mass is 19.3. The molecule has 40 valence electrons. The number of allylic oxidation sites excluding steroid dienone is 1. The predicted octanol–water partition coefficient (Wildman–Crippen LogP) is 2.33. The van der Waals surface area contributed by atoms with Gasteiger partial charge in [-0.25, -0.2) is 0 Å². The maximum atomic E-state index is 11.1. The Hall–Kier alpha value is -0.620. The van der Waals surface area contributed by atoms with Gasteiger partial charge in [-0.1, -0.05) is 5.73 Å². The minimum Gasteiger partial charge on any atom is -0.164 e. The van der Waals surface area contributed by atoms with Crippen LogP contribution >= 0.6 is 0 Å². The molecule has 0 rings (SSSR count). The molecule has 0 heterocycles. The summed E-state index contributed by atoms with van der Waals surface area (Å²) in [7, 11) is 0. The van der Waals surface area contributed by atoms with E-state index in [1.54, 1.807) is 19.6 Å². The van der Waals surface area contributed by atoms with Crippen LogP contribution in [0.2, 0.25) is 0 Å². The number of halogens is 2. The number of hydrogen-bond acceptors (Lipinski definition) is 0. The lowest BCUT2D eigenvalue weighted by molar-refractivity contribution is 0.423. The Morgan fingerprint density at radius 2 is 1.71 bits per heavy atom. The minimum absolute atomic E-state index is 0.500. The molecule has 7 heavy (non-hydrogen) atoms. The Balaban J connectivity index is 4.13. The zero-order valence-corrected chi connectivity index (χ0v) is 4.26. The molecule has 0 amide bonds. The molecule has 0 N–H and O–H groups in total. The van der Waals surface area contributed by atoms with E-state index in [2.05, 4.69) is 0 Å². The third-order valence-electron chi connectivity index (χ3n) is 0.344. The average molecular weight is 104 g/mol. The minimum atomic E-state index is -1.75. The second kappa shape index (κ2) is 2.54. The summed E-state index contributed by atoms with van der Waals surface area (Å²) in [4.78, 5) is 0. The van der Waals surface area contributed by atoms with Gasteiger partial charge >= 0.3 is 6.08 Å². The van der Waals surface area contributed by atoms with E-state index in [9.17, 15) is 8.78 Å². The SMILES string of the molecule is CC(C)=C=C(F)F. The van der Waals surface area contributed by atoms with Gasteiger partial charge in [0.25, 0.3) is 0 Å². The molecule has 0 aliphatic rings. The van der Waals surface area contributed by atoms with E-state index < -0.39 is 6.08 Å². The van der Waals surface area contributed by atoms with Gasteiger partial charge in [-0.2, -0.15) is 8.78 Å². The second-order valence-electron chi connectivity index (χ2n) is 1.39. The normalized spacial score (nSPS) is 7.43. The zero-order valence-electron chi connectivity index (χ0n) is 4.26. The summed E-state index contributed by atoms with van der Waals surface area (Å²) >= 11 is 0. The van der Waals surface area contributed by atoms with Gasteiger partial charge < -0.3 is 0 Å². The third kappa shape index (κ3) is 5.38. The first kappa shape index (κ1) is 6.38. The fourth-order valence-corrected chi connectivity index (χ4v) is 0.189. The second-order valence-corrected chi connectivity index (χ2v) is 1.39. The van der Waals surface area contributed by atoms with E-state index in [0.717, 1.165) is 0 Å². The Morgan fingerprint density at radius 1 is 1.29 bits per heavy atom. The first-order chi connectivity index (χ1) is 3.13. The molecule has 0 aromatic carbocycles. The van der Waals surface area contributed by atoms with Gasteiger partial charge in [-0.15, -0.1) is 0 Å². The Labute approximate surface area is 41.2 Å². The molecule has 0 saturated carbocycles. The van der Waals surface area contributed by atoms with Gasteiger partial charge in [0.15, 0.2) is 0 Å². The first-order valence-electron chi connectivity index (χ1n) is 1.88. The van der Waals surface area contributed by atoms with Crippen LogP contribution < -0.4 is 0 Å². The molecule has 0 radical (unpaired) electrons. The van der Waals surface area contributed by atoms with Crippen LogP contribution in [0.1, 0.15) is 13.8 Å². The lowest BCUT2D eigenvalue weighted by atomic mass is 10.4. The van der Waals surface area contributed by atoms with Crippen LogP contribution in [-0.2, 0) is 0 Å². The van der Waals surface area contributed by atoms with Crippen molar-refractivity contribution < 1.29 is 8.78 Å². The fraction of sp³-hybridized carbons (Fsp3) is 0.400. The van der Waals surface area contributed by atoms with Crippen molar-refractivity contribution in [3.05, 3.63) is 17.4 Å². The van der Waals surface area contributed by atoms with Gasteiger partial charge in [-0.3, -0.25) is 0 Å².